The highest BCUT2D eigenvalue weighted by Gasteiger charge is 2.51. The predicted octanol–water partition coefficient (Wildman–Crippen LogP) is 1.51. The van der Waals surface area contributed by atoms with Gasteiger partial charge in [-0.3, -0.25) is 4.79 Å². The van der Waals surface area contributed by atoms with Crippen molar-refractivity contribution in [1.82, 2.24) is 4.98 Å². The van der Waals surface area contributed by atoms with Crippen LogP contribution in [0.3, 0.4) is 0 Å². The van der Waals surface area contributed by atoms with Crippen LogP contribution in [0.15, 0.2) is 31.0 Å². The van der Waals surface area contributed by atoms with Gasteiger partial charge in [0.15, 0.2) is 0 Å². The maximum absolute atomic E-state index is 11.2. The lowest BCUT2D eigenvalue weighted by Crippen LogP contribution is -2.41. The Balaban J connectivity index is 2.12. The van der Waals surface area contributed by atoms with Crippen LogP contribution in [-0.2, 0) is 14.1 Å². The van der Waals surface area contributed by atoms with Gasteiger partial charge in [-0.2, -0.15) is 0 Å². The van der Waals surface area contributed by atoms with Crippen molar-refractivity contribution < 1.29 is 14.1 Å². The Labute approximate surface area is 119 Å². The second-order valence-corrected chi connectivity index (χ2v) is 5.76. The number of amides is 1. The summed E-state index contributed by atoms with van der Waals surface area (Å²) in [5.41, 5.74) is 0.0566. The normalized spacial score (nSPS) is 19.7. The lowest BCUT2D eigenvalue weighted by molar-refractivity contribution is -0.111. The highest BCUT2D eigenvalue weighted by molar-refractivity contribution is 6.62. The lowest BCUT2D eigenvalue weighted by atomic mass is 9.80. The summed E-state index contributed by atoms with van der Waals surface area (Å²) in [5.74, 6) is 0.177. The Morgan fingerprint density at radius 3 is 2.35 bits per heavy atom. The molecule has 20 heavy (non-hydrogen) atoms. The number of hydrogen-bond donors (Lipinski definition) is 1. The monoisotopic (exact) mass is 274 g/mol. The second kappa shape index (κ2) is 5.03. The quantitative estimate of drug-likeness (QED) is 0.670. The largest absolute Gasteiger partial charge is 0.496 e. The summed E-state index contributed by atoms with van der Waals surface area (Å²) in [7, 11) is -0.448. The molecule has 0 radical (unpaired) electrons. The number of aromatic nitrogens is 1. The standard InChI is InChI=1S/C14H19BN2O3/c1-6-12(18)17-11-8-7-10(9-16-11)15-19-13(2,3)14(4,5)20-15/h6-9H,1H2,2-5H3,(H,16,17,18). The van der Waals surface area contributed by atoms with Gasteiger partial charge in [0.1, 0.15) is 5.82 Å². The van der Waals surface area contributed by atoms with Crippen molar-refractivity contribution in [1.29, 1.82) is 0 Å². The summed E-state index contributed by atoms with van der Waals surface area (Å²) in [5, 5.41) is 2.59. The van der Waals surface area contributed by atoms with E-state index in [1.165, 1.54) is 6.08 Å². The molecule has 0 aliphatic carbocycles. The molecular formula is C14H19BN2O3. The van der Waals surface area contributed by atoms with Crippen LogP contribution < -0.4 is 10.8 Å². The first kappa shape index (κ1) is 14.7. The van der Waals surface area contributed by atoms with E-state index in [1.54, 1.807) is 12.3 Å². The molecule has 0 bridgehead atoms. The molecule has 106 valence electrons. The number of carbonyl (C=O) groups is 1. The number of rotatable bonds is 3. The van der Waals surface area contributed by atoms with Crippen LogP contribution >= 0.6 is 0 Å². The molecule has 0 atom stereocenters. The van der Waals surface area contributed by atoms with Gasteiger partial charge in [0.25, 0.3) is 0 Å². The maximum Gasteiger partial charge on any atom is 0.496 e. The van der Waals surface area contributed by atoms with E-state index in [2.05, 4.69) is 16.9 Å². The van der Waals surface area contributed by atoms with Gasteiger partial charge in [-0.25, -0.2) is 4.98 Å². The molecule has 1 aliphatic rings. The molecule has 2 heterocycles. The number of nitrogens with one attached hydrogen (secondary N) is 1. The summed E-state index contributed by atoms with van der Waals surface area (Å²) >= 11 is 0. The van der Waals surface area contributed by atoms with Gasteiger partial charge in [0, 0.05) is 11.7 Å². The summed E-state index contributed by atoms with van der Waals surface area (Å²) in [6, 6.07) is 3.54. The zero-order chi connectivity index (χ0) is 15.0. The van der Waals surface area contributed by atoms with Crippen molar-refractivity contribution in [3.05, 3.63) is 31.0 Å². The Morgan fingerprint density at radius 2 is 1.90 bits per heavy atom. The van der Waals surface area contributed by atoms with Crippen LogP contribution in [0.1, 0.15) is 27.7 Å². The minimum Gasteiger partial charge on any atom is -0.399 e. The third-order valence-corrected chi connectivity index (χ3v) is 3.75. The molecule has 6 heteroatoms. The van der Waals surface area contributed by atoms with Crippen LogP contribution in [0.25, 0.3) is 0 Å². The molecule has 1 aromatic rings. The Kier molecular flexibility index (Phi) is 3.71. The van der Waals surface area contributed by atoms with Gasteiger partial charge in [-0.15, -0.1) is 0 Å². The molecule has 1 aliphatic heterocycles. The van der Waals surface area contributed by atoms with Crippen LogP contribution in [0, 0.1) is 0 Å². The minimum atomic E-state index is -0.448. The molecule has 1 saturated heterocycles. The van der Waals surface area contributed by atoms with Crippen molar-refractivity contribution >= 4 is 24.3 Å². The molecule has 1 fully saturated rings. The summed E-state index contributed by atoms with van der Waals surface area (Å²) in [6.45, 7) is 11.4. The zero-order valence-corrected chi connectivity index (χ0v) is 12.3. The van der Waals surface area contributed by atoms with E-state index in [9.17, 15) is 4.79 Å². The van der Waals surface area contributed by atoms with E-state index in [0.29, 0.717) is 5.82 Å². The average Bonchev–Trinajstić information content (AvgIpc) is 2.59. The topological polar surface area (TPSA) is 60.5 Å². The molecule has 0 aromatic carbocycles. The molecule has 1 amide bonds. The molecular weight excluding hydrogens is 255 g/mol. The Hall–Kier alpha value is -1.66. The lowest BCUT2D eigenvalue weighted by Gasteiger charge is -2.32. The van der Waals surface area contributed by atoms with Crippen molar-refractivity contribution in [2.45, 2.75) is 38.9 Å². The number of hydrogen-bond acceptors (Lipinski definition) is 4. The number of carbonyl (C=O) groups excluding carboxylic acids is 1. The number of anilines is 1. The van der Waals surface area contributed by atoms with Gasteiger partial charge in [-0.05, 0) is 39.8 Å². The third kappa shape index (κ3) is 2.76. The fourth-order valence-corrected chi connectivity index (χ4v) is 1.78. The fourth-order valence-electron chi connectivity index (χ4n) is 1.78. The number of pyridine rings is 1. The summed E-state index contributed by atoms with van der Waals surface area (Å²) < 4.78 is 11.9. The first-order valence-corrected chi connectivity index (χ1v) is 6.50. The molecule has 2 rings (SSSR count). The smallest absolute Gasteiger partial charge is 0.399 e. The number of nitrogens with zero attached hydrogens (tertiary/aromatic N) is 1. The summed E-state index contributed by atoms with van der Waals surface area (Å²) in [6.07, 6.45) is 2.84. The maximum atomic E-state index is 11.2. The van der Waals surface area contributed by atoms with Crippen LogP contribution in [0.4, 0.5) is 5.82 Å². The highest BCUT2D eigenvalue weighted by atomic mass is 16.7. The zero-order valence-electron chi connectivity index (χ0n) is 12.3. The van der Waals surface area contributed by atoms with Gasteiger partial charge in [0.05, 0.1) is 11.2 Å². The van der Waals surface area contributed by atoms with Gasteiger partial charge >= 0.3 is 7.12 Å². The molecule has 1 N–H and O–H groups in total. The van der Waals surface area contributed by atoms with E-state index >= 15 is 0 Å². The van der Waals surface area contributed by atoms with Crippen molar-refractivity contribution in [3.63, 3.8) is 0 Å². The molecule has 0 saturated carbocycles. The van der Waals surface area contributed by atoms with Gasteiger partial charge in [-0.1, -0.05) is 12.6 Å². The molecule has 0 unspecified atom stereocenters. The highest BCUT2D eigenvalue weighted by Crippen LogP contribution is 2.36. The second-order valence-electron chi connectivity index (χ2n) is 5.76. The summed E-state index contributed by atoms with van der Waals surface area (Å²) in [4.78, 5) is 15.3. The third-order valence-electron chi connectivity index (χ3n) is 3.75. The van der Waals surface area contributed by atoms with E-state index < -0.39 is 7.12 Å². The minimum absolute atomic E-state index is 0.291. The van der Waals surface area contributed by atoms with Crippen molar-refractivity contribution in [3.8, 4) is 0 Å². The van der Waals surface area contributed by atoms with Crippen molar-refractivity contribution in [2.75, 3.05) is 5.32 Å². The Bertz CT molecular complexity index is 510. The molecule has 0 spiro atoms. The van der Waals surface area contributed by atoms with Crippen LogP contribution in [0.5, 0.6) is 0 Å². The van der Waals surface area contributed by atoms with Crippen molar-refractivity contribution in [2.24, 2.45) is 0 Å². The van der Waals surface area contributed by atoms with E-state index in [-0.39, 0.29) is 17.1 Å². The van der Waals surface area contributed by atoms with Crippen LogP contribution in [0.2, 0.25) is 0 Å². The average molecular weight is 274 g/mol. The first-order valence-electron chi connectivity index (χ1n) is 6.50. The predicted molar refractivity (Wildman–Crippen MR) is 78.8 cm³/mol. The van der Waals surface area contributed by atoms with Crippen LogP contribution in [-0.4, -0.2) is 29.2 Å². The van der Waals surface area contributed by atoms with E-state index in [0.717, 1.165) is 5.46 Å². The fraction of sp³-hybridized carbons (Fsp3) is 0.429. The SMILES string of the molecule is C=CC(=O)Nc1ccc(B2OC(C)(C)C(C)(C)O2)cn1. The van der Waals surface area contributed by atoms with E-state index in [1.807, 2.05) is 33.8 Å². The Morgan fingerprint density at radius 1 is 1.30 bits per heavy atom. The first-order chi connectivity index (χ1) is 9.25. The van der Waals surface area contributed by atoms with E-state index in [4.69, 9.17) is 9.31 Å². The van der Waals surface area contributed by atoms with Gasteiger partial charge in [0.2, 0.25) is 5.91 Å². The molecule has 1 aromatic heterocycles. The molecule has 5 nitrogen and oxygen atoms in total. The van der Waals surface area contributed by atoms with Gasteiger partial charge < -0.3 is 14.6 Å².